The highest BCUT2D eigenvalue weighted by Crippen LogP contribution is 2.57. The van der Waals surface area contributed by atoms with Gasteiger partial charge in [0.15, 0.2) is 0 Å². The highest BCUT2D eigenvalue weighted by molar-refractivity contribution is 6.13. The zero-order chi connectivity index (χ0) is 46.2. The van der Waals surface area contributed by atoms with Crippen molar-refractivity contribution in [2.75, 3.05) is 0 Å². The van der Waals surface area contributed by atoms with Crippen molar-refractivity contribution >= 4 is 43.9 Å². The van der Waals surface area contributed by atoms with Crippen LogP contribution in [0.1, 0.15) is 88.4 Å². The Morgan fingerprint density at radius 2 is 0.943 bits per heavy atom. The second-order valence-corrected chi connectivity index (χ2v) is 19.7. The molecule has 2 aromatic heterocycles. The Kier molecular flexibility index (Phi) is 9.62. The molecule has 0 N–H and O–H groups in total. The predicted octanol–water partition coefficient (Wildman–Crippen LogP) is 18.4. The Labute approximate surface area is 408 Å². The smallest absolute Gasteiger partial charge is 0.136 e. The van der Waals surface area contributed by atoms with Gasteiger partial charge in [0, 0.05) is 27.5 Å². The average molecular weight is 899 g/mol. The minimum atomic E-state index is -0.542. The summed E-state index contributed by atoms with van der Waals surface area (Å²) in [5, 5.41) is 4.51. The molecular formula is C68H50O2. The molecule has 0 spiro atoms. The largest absolute Gasteiger partial charge is 0.456 e. The molecule has 2 heterocycles. The van der Waals surface area contributed by atoms with Crippen molar-refractivity contribution < 1.29 is 8.83 Å². The van der Waals surface area contributed by atoms with E-state index in [-0.39, 0.29) is 5.92 Å². The zero-order valence-electron chi connectivity index (χ0n) is 38.9. The van der Waals surface area contributed by atoms with Crippen LogP contribution in [0.3, 0.4) is 0 Å². The van der Waals surface area contributed by atoms with Crippen molar-refractivity contribution in [2.45, 2.75) is 49.4 Å². The summed E-state index contributed by atoms with van der Waals surface area (Å²) in [5.41, 5.74) is 20.5. The van der Waals surface area contributed by atoms with Gasteiger partial charge < -0.3 is 8.83 Å². The first kappa shape index (κ1) is 40.8. The number of furan rings is 2. The lowest BCUT2D eigenvalue weighted by molar-refractivity contribution is 0.443. The lowest BCUT2D eigenvalue weighted by Crippen LogP contribution is -2.28. The van der Waals surface area contributed by atoms with E-state index in [4.69, 9.17) is 8.83 Å². The predicted molar refractivity (Wildman–Crippen MR) is 289 cm³/mol. The molecule has 2 heteroatoms. The van der Waals surface area contributed by atoms with Gasteiger partial charge in [-0.15, -0.1) is 0 Å². The summed E-state index contributed by atoms with van der Waals surface area (Å²) in [6.07, 6.45) is 6.63. The molecule has 0 bridgehead atoms. The first-order valence-corrected chi connectivity index (χ1v) is 25.1. The van der Waals surface area contributed by atoms with Crippen molar-refractivity contribution in [1.29, 1.82) is 0 Å². The van der Waals surface area contributed by atoms with E-state index in [1.807, 2.05) is 0 Å². The van der Waals surface area contributed by atoms with Crippen LogP contribution >= 0.6 is 0 Å². The maximum absolute atomic E-state index is 6.83. The molecule has 1 atom stereocenters. The van der Waals surface area contributed by atoms with E-state index in [2.05, 4.69) is 231 Å². The van der Waals surface area contributed by atoms with E-state index in [0.29, 0.717) is 5.92 Å². The van der Waals surface area contributed by atoms with Gasteiger partial charge in [0.1, 0.15) is 22.3 Å². The maximum Gasteiger partial charge on any atom is 0.136 e. The maximum atomic E-state index is 6.83. The minimum Gasteiger partial charge on any atom is -0.456 e. The summed E-state index contributed by atoms with van der Waals surface area (Å²) >= 11 is 0. The SMILES string of the molecule is c1ccc(-c2cccc3oc4ccc(C(c5cccc(C6(c7ccccc7)c7ccccc7-c7ccccc76)c5)c5cccc6oc7ccc(-c8ccc(C9CCCCC9)cc8)cc7c56)cc4c23)cc1. The Morgan fingerprint density at radius 1 is 0.371 bits per heavy atom. The van der Waals surface area contributed by atoms with Crippen molar-refractivity contribution in [2.24, 2.45) is 0 Å². The van der Waals surface area contributed by atoms with Crippen molar-refractivity contribution in [3.8, 4) is 33.4 Å². The molecule has 70 heavy (non-hydrogen) atoms. The molecule has 2 nitrogen and oxygen atoms in total. The normalized spacial score (nSPS) is 14.9. The second-order valence-electron chi connectivity index (χ2n) is 19.7. The van der Waals surface area contributed by atoms with Crippen LogP contribution in [0.15, 0.2) is 239 Å². The molecule has 2 aliphatic carbocycles. The summed E-state index contributed by atoms with van der Waals surface area (Å²) in [6.45, 7) is 0. The number of benzene rings is 10. The van der Waals surface area contributed by atoms with Gasteiger partial charge in [-0.05, 0) is 133 Å². The molecule has 0 amide bonds. The summed E-state index contributed by atoms with van der Waals surface area (Å²) in [4.78, 5) is 0. The molecule has 0 radical (unpaired) electrons. The Balaban J connectivity index is 1.01. The van der Waals surface area contributed by atoms with Crippen molar-refractivity contribution in [3.05, 3.63) is 275 Å². The third-order valence-corrected chi connectivity index (χ3v) is 15.9. The van der Waals surface area contributed by atoms with E-state index in [1.54, 1.807) is 0 Å². The lowest BCUT2D eigenvalue weighted by Gasteiger charge is -2.34. The molecular weight excluding hydrogens is 849 g/mol. The first-order valence-electron chi connectivity index (χ1n) is 25.1. The number of rotatable bonds is 8. The van der Waals surface area contributed by atoms with Crippen LogP contribution in [0.5, 0.6) is 0 Å². The fourth-order valence-electron chi connectivity index (χ4n) is 12.8. The molecule has 0 aliphatic heterocycles. The van der Waals surface area contributed by atoms with Gasteiger partial charge in [-0.3, -0.25) is 0 Å². The van der Waals surface area contributed by atoms with Crippen LogP contribution in [0, 0.1) is 0 Å². The highest BCUT2D eigenvalue weighted by atomic mass is 16.3. The molecule has 1 fully saturated rings. The van der Waals surface area contributed by atoms with Gasteiger partial charge in [-0.25, -0.2) is 0 Å². The van der Waals surface area contributed by atoms with E-state index in [1.165, 1.54) is 104 Å². The standard InChI is InChI=1S/C68H50O2/c1-4-17-44(18-5-1)45-33-35-46(36-34-45)48-37-39-61-57(42-48)67-56(28-16-32-64(67)70-61)65(50-38-40-62-58(43-50)66-53(27-15-31-63(66)69-62)47-19-6-2-7-20-47)49-21-14-24-52(41-49)68(51-22-8-3-9-23-51)59-29-12-10-25-54(59)55-26-11-13-30-60(55)68/h2-3,6-16,19-44,65H,1,4-5,17-18H2. The monoisotopic (exact) mass is 898 g/mol. The zero-order valence-corrected chi connectivity index (χ0v) is 38.9. The molecule has 10 aromatic carbocycles. The van der Waals surface area contributed by atoms with Crippen LogP contribution in [-0.4, -0.2) is 0 Å². The molecule has 12 aromatic rings. The van der Waals surface area contributed by atoms with Gasteiger partial charge in [0.25, 0.3) is 0 Å². The van der Waals surface area contributed by atoms with Gasteiger partial charge in [-0.2, -0.15) is 0 Å². The minimum absolute atomic E-state index is 0.180. The van der Waals surface area contributed by atoms with Gasteiger partial charge >= 0.3 is 0 Å². The van der Waals surface area contributed by atoms with Crippen LogP contribution < -0.4 is 0 Å². The summed E-state index contributed by atoms with van der Waals surface area (Å²) in [7, 11) is 0. The average Bonchev–Trinajstić information content (AvgIpc) is 4.10. The topological polar surface area (TPSA) is 26.3 Å². The molecule has 14 rings (SSSR count). The van der Waals surface area contributed by atoms with Crippen LogP contribution in [-0.2, 0) is 5.41 Å². The number of hydrogen-bond acceptors (Lipinski definition) is 2. The highest BCUT2D eigenvalue weighted by Gasteiger charge is 2.46. The van der Waals surface area contributed by atoms with Gasteiger partial charge in [0.2, 0.25) is 0 Å². The molecule has 2 aliphatic rings. The summed E-state index contributed by atoms with van der Waals surface area (Å²) in [5.74, 6) is 0.492. The molecule has 334 valence electrons. The van der Waals surface area contributed by atoms with Gasteiger partial charge in [-0.1, -0.05) is 213 Å². The second kappa shape index (κ2) is 16.5. The summed E-state index contributed by atoms with van der Waals surface area (Å²) < 4.78 is 13.5. The number of hydrogen-bond donors (Lipinski definition) is 0. The van der Waals surface area contributed by atoms with E-state index in [9.17, 15) is 0 Å². The first-order chi connectivity index (χ1) is 34.7. The molecule has 0 saturated heterocycles. The van der Waals surface area contributed by atoms with Crippen molar-refractivity contribution in [3.63, 3.8) is 0 Å². The quantitative estimate of drug-likeness (QED) is 0.142. The summed E-state index contributed by atoms with van der Waals surface area (Å²) in [6, 6.07) is 85.5. The fourth-order valence-corrected chi connectivity index (χ4v) is 12.8. The van der Waals surface area contributed by atoms with E-state index < -0.39 is 5.41 Å². The Morgan fingerprint density at radius 3 is 1.69 bits per heavy atom. The van der Waals surface area contributed by atoms with Gasteiger partial charge in [0.05, 0.1) is 5.41 Å². The molecule has 1 unspecified atom stereocenters. The van der Waals surface area contributed by atoms with E-state index >= 15 is 0 Å². The molecule has 1 saturated carbocycles. The van der Waals surface area contributed by atoms with E-state index in [0.717, 1.165) is 49.4 Å². The lowest BCUT2D eigenvalue weighted by atomic mass is 9.67. The third-order valence-electron chi connectivity index (χ3n) is 15.9. The number of fused-ring (bicyclic) bond motifs is 9. The van der Waals surface area contributed by atoms with Crippen LogP contribution in [0.4, 0.5) is 0 Å². The van der Waals surface area contributed by atoms with Crippen molar-refractivity contribution in [1.82, 2.24) is 0 Å². The Hall–Kier alpha value is -8.20. The third kappa shape index (κ3) is 6.40. The Bertz CT molecular complexity index is 3880. The van der Waals surface area contributed by atoms with Crippen LogP contribution in [0.25, 0.3) is 77.3 Å². The van der Waals surface area contributed by atoms with Crippen LogP contribution in [0.2, 0.25) is 0 Å². The fraction of sp³-hybridized carbons (Fsp3) is 0.118.